The van der Waals surface area contributed by atoms with Crippen molar-refractivity contribution in [3.63, 3.8) is 0 Å². The lowest BCUT2D eigenvalue weighted by molar-refractivity contribution is -0.167. The van der Waals surface area contributed by atoms with E-state index in [9.17, 15) is 9.90 Å². The molecule has 5 heteroatoms. The van der Waals surface area contributed by atoms with Gasteiger partial charge >= 0.3 is 0 Å². The normalized spacial score (nSPS) is 27.3. The molecule has 92 valence electrons. The molecule has 2 heterocycles. The van der Waals surface area contributed by atoms with E-state index < -0.39 is 11.0 Å². The standard InChI is InChI=1S/C11H20N2O3/c1-10(15)7-13(8-10)9(14)11(6-12)2-4-16-5-3-11/h15H,2-8,12H2,1H3. The number of β-amino-alcohol motifs (C(OH)–C–C–N with tert-alkyl or cyclic N) is 1. The van der Waals surface area contributed by atoms with Gasteiger partial charge in [-0.05, 0) is 19.8 Å². The van der Waals surface area contributed by atoms with Crippen molar-refractivity contribution in [2.45, 2.75) is 25.4 Å². The second-order valence-electron chi connectivity index (χ2n) is 5.25. The highest BCUT2D eigenvalue weighted by atomic mass is 16.5. The predicted molar refractivity (Wildman–Crippen MR) is 58.7 cm³/mol. The van der Waals surface area contributed by atoms with Crippen molar-refractivity contribution in [3.8, 4) is 0 Å². The predicted octanol–water partition coefficient (Wildman–Crippen LogP) is -0.665. The summed E-state index contributed by atoms with van der Waals surface area (Å²) in [6.45, 7) is 4.17. The minimum absolute atomic E-state index is 0.0878. The summed E-state index contributed by atoms with van der Waals surface area (Å²) in [5, 5.41) is 9.64. The van der Waals surface area contributed by atoms with Crippen molar-refractivity contribution in [3.05, 3.63) is 0 Å². The molecule has 0 spiro atoms. The van der Waals surface area contributed by atoms with Gasteiger partial charge in [0.2, 0.25) is 5.91 Å². The van der Waals surface area contributed by atoms with Gasteiger partial charge in [0.15, 0.2) is 0 Å². The van der Waals surface area contributed by atoms with E-state index in [0.717, 1.165) is 0 Å². The van der Waals surface area contributed by atoms with Crippen LogP contribution in [-0.2, 0) is 9.53 Å². The van der Waals surface area contributed by atoms with Crippen molar-refractivity contribution in [2.75, 3.05) is 32.8 Å². The molecule has 2 saturated heterocycles. The molecule has 0 radical (unpaired) electrons. The van der Waals surface area contributed by atoms with E-state index in [1.54, 1.807) is 11.8 Å². The quantitative estimate of drug-likeness (QED) is 0.657. The van der Waals surface area contributed by atoms with Gasteiger partial charge in [-0.15, -0.1) is 0 Å². The zero-order chi connectivity index (χ0) is 11.8. The Morgan fingerprint density at radius 2 is 2.00 bits per heavy atom. The Bertz CT molecular complexity index is 277. The zero-order valence-electron chi connectivity index (χ0n) is 9.74. The maximum absolute atomic E-state index is 12.3. The van der Waals surface area contributed by atoms with E-state index in [-0.39, 0.29) is 5.91 Å². The summed E-state index contributed by atoms with van der Waals surface area (Å²) in [6.07, 6.45) is 1.39. The molecule has 2 aliphatic rings. The fourth-order valence-electron chi connectivity index (χ4n) is 2.52. The molecule has 0 saturated carbocycles. The van der Waals surface area contributed by atoms with Crippen molar-refractivity contribution in [2.24, 2.45) is 11.1 Å². The van der Waals surface area contributed by atoms with E-state index in [1.807, 2.05) is 0 Å². The van der Waals surface area contributed by atoms with Crippen LogP contribution < -0.4 is 5.73 Å². The van der Waals surface area contributed by atoms with Gasteiger partial charge in [-0.2, -0.15) is 0 Å². The monoisotopic (exact) mass is 228 g/mol. The molecule has 2 fully saturated rings. The molecule has 5 nitrogen and oxygen atoms in total. The van der Waals surface area contributed by atoms with E-state index in [1.165, 1.54) is 0 Å². The lowest BCUT2D eigenvalue weighted by atomic mass is 9.77. The topological polar surface area (TPSA) is 75.8 Å². The minimum Gasteiger partial charge on any atom is -0.386 e. The maximum atomic E-state index is 12.3. The van der Waals surface area contributed by atoms with Gasteiger partial charge in [0.1, 0.15) is 0 Å². The van der Waals surface area contributed by atoms with Crippen LogP contribution in [0.4, 0.5) is 0 Å². The van der Waals surface area contributed by atoms with Crippen LogP contribution in [0.3, 0.4) is 0 Å². The molecular weight excluding hydrogens is 208 g/mol. The third-order valence-electron chi connectivity index (χ3n) is 3.64. The third kappa shape index (κ3) is 1.95. The number of carbonyl (C=O) groups excluding carboxylic acids is 1. The van der Waals surface area contributed by atoms with Crippen LogP contribution in [0.25, 0.3) is 0 Å². The molecule has 0 atom stereocenters. The number of nitrogens with zero attached hydrogens (tertiary/aromatic N) is 1. The maximum Gasteiger partial charge on any atom is 0.230 e. The van der Waals surface area contributed by atoms with Crippen LogP contribution in [0.1, 0.15) is 19.8 Å². The van der Waals surface area contributed by atoms with Crippen molar-refractivity contribution < 1.29 is 14.6 Å². The minimum atomic E-state index is -0.712. The Kier molecular flexibility index (Phi) is 2.94. The molecule has 1 amide bonds. The summed E-state index contributed by atoms with van der Waals surface area (Å²) in [5.74, 6) is 0.0878. The Balaban J connectivity index is 2.02. The molecule has 0 bridgehead atoms. The number of carbonyl (C=O) groups is 1. The highest BCUT2D eigenvalue weighted by molar-refractivity contribution is 5.84. The second kappa shape index (κ2) is 3.98. The number of nitrogens with two attached hydrogens (primary N) is 1. The van der Waals surface area contributed by atoms with E-state index in [4.69, 9.17) is 10.5 Å². The molecule has 16 heavy (non-hydrogen) atoms. The number of rotatable bonds is 2. The Morgan fingerprint density at radius 3 is 2.44 bits per heavy atom. The fourth-order valence-corrected chi connectivity index (χ4v) is 2.52. The Labute approximate surface area is 95.5 Å². The lowest BCUT2D eigenvalue weighted by Gasteiger charge is -2.49. The number of aliphatic hydroxyl groups is 1. The molecule has 3 N–H and O–H groups in total. The molecule has 0 aromatic heterocycles. The first-order valence-electron chi connectivity index (χ1n) is 5.79. The lowest BCUT2D eigenvalue weighted by Crippen LogP contribution is -2.65. The molecule has 2 rings (SSSR count). The summed E-state index contributed by atoms with van der Waals surface area (Å²) in [6, 6.07) is 0. The fraction of sp³-hybridized carbons (Fsp3) is 0.909. The van der Waals surface area contributed by atoms with Crippen LogP contribution >= 0.6 is 0 Å². The average molecular weight is 228 g/mol. The third-order valence-corrected chi connectivity index (χ3v) is 3.64. The molecule has 0 aromatic carbocycles. The SMILES string of the molecule is CC1(O)CN(C(=O)C2(CN)CCOCC2)C1. The van der Waals surface area contributed by atoms with Crippen LogP contribution in [0.5, 0.6) is 0 Å². The average Bonchev–Trinajstić information content (AvgIpc) is 2.25. The van der Waals surface area contributed by atoms with Crippen molar-refractivity contribution in [1.82, 2.24) is 4.90 Å². The van der Waals surface area contributed by atoms with Gasteiger partial charge in [0, 0.05) is 19.8 Å². The summed E-state index contributed by atoms with van der Waals surface area (Å²) < 4.78 is 5.27. The van der Waals surface area contributed by atoms with Crippen molar-refractivity contribution >= 4 is 5.91 Å². The van der Waals surface area contributed by atoms with E-state index >= 15 is 0 Å². The largest absolute Gasteiger partial charge is 0.386 e. The van der Waals surface area contributed by atoms with Gasteiger partial charge in [-0.3, -0.25) is 4.79 Å². The van der Waals surface area contributed by atoms with E-state index in [2.05, 4.69) is 0 Å². The highest BCUT2D eigenvalue weighted by Crippen LogP contribution is 2.34. The summed E-state index contributed by atoms with van der Waals surface area (Å²) >= 11 is 0. The first kappa shape index (κ1) is 11.8. The van der Waals surface area contributed by atoms with Crippen LogP contribution in [-0.4, -0.2) is 54.4 Å². The number of hydrogen-bond acceptors (Lipinski definition) is 4. The van der Waals surface area contributed by atoms with Gasteiger partial charge in [0.25, 0.3) is 0 Å². The number of likely N-dealkylation sites (tertiary alicyclic amines) is 1. The first-order chi connectivity index (χ1) is 7.49. The molecule has 0 aromatic rings. The molecule has 0 unspecified atom stereocenters. The van der Waals surface area contributed by atoms with Crippen LogP contribution in [0.2, 0.25) is 0 Å². The summed E-state index contributed by atoms with van der Waals surface area (Å²) in [7, 11) is 0. The van der Waals surface area contributed by atoms with Gasteiger partial charge in [-0.1, -0.05) is 0 Å². The van der Waals surface area contributed by atoms with E-state index in [0.29, 0.717) is 45.7 Å². The van der Waals surface area contributed by atoms with Crippen molar-refractivity contribution in [1.29, 1.82) is 0 Å². The number of amides is 1. The molecule has 2 aliphatic heterocycles. The summed E-state index contributed by atoms with van der Waals surface area (Å²) in [5.41, 5.74) is 4.60. The first-order valence-corrected chi connectivity index (χ1v) is 5.79. The van der Waals surface area contributed by atoms with Gasteiger partial charge in [-0.25, -0.2) is 0 Å². The number of ether oxygens (including phenoxy) is 1. The van der Waals surface area contributed by atoms with Crippen LogP contribution in [0, 0.1) is 5.41 Å². The zero-order valence-corrected chi connectivity index (χ0v) is 9.74. The summed E-state index contributed by atoms with van der Waals surface area (Å²) in [4.78, 5) is 14.0. The highest BCUT2D eigenvalue weighted by Gasteiger charge is 2.48. The molecular formula is C11H20N2O3. The van der Waals surface area contributed by atoms with Gasteiger partial charge < -0.3 is 20.5 Å². The Hall–Kier alpha value is -0.650. The number of hydrogen-bond donors (Lipinski definition) is 2. The molecule has 0 aliphatic carbocycles. The Morgan fingerprint density at radius 1 is 1.44 bits per heavy atom. The smallest absolute Gasteiger partial charge is 0.230 e. The van der Waals surface area contributed by atoms with Gasteiger partial charge in [0.05, 0.1) is 24.1 Å². The second-order valence-corrected chi connectivity index (χ2v) is 5.25. The van der Waals surface area contributed by atoms with Crippen LogP contribution in [0.15, 0.2) is 0 Å².